The molecule has 3 aromatic carbocycles. The Morgan fingerprint density at radius 1 is 1.06 bits per heavy atom. The van der Waals surface area contributed by atoms with Crippen LogP contribution in [0.15, 0.2) is 59.1 Å². The fraction of sp³-hybridized carbons (Fsp3) is 0.231. The van der Waals surface area contributed by atoms with E-state index in [2.05, 4.69) is 28.2 Å². The molecule has 32 heavy (non-hydrogen) atoms. The van der Waals surface area contributed by atoms with Crippen LogP contribution in [0.1, 0.15) is 50.8 Å². The number of nitrogens with one attached hydrogen (secondary N) is 1. The van der Waals surface area contributed by atoms with Gasteiger partial charge in [-0.3, -0.25) is 9.59 Å². The van der Waals surface area contributed by atoms with E-state index in [-0.39, 0.29) is 17.6 Å². The number of anilines is 2. The predicted octanol–water partition coefficient (Wildman–Crippen LogP) is 6.30. The second-order valence-corrected chi connectivity index (χ2v) is 8.89. The molecule has 0 spiro atoms. The number of benzene rings is 3. The summed E-state index contributed by atoms with van der Waals surface area (Å²) in [5.74, 6) is -0.709. The van der Waals surface area contributed by atoms with E-state index in [1.165, 1.54) is 24.3 Å². The molecule has 0 bridgehead atoms. The Bertz CT molecular complexity index is 1190. The molecule has 164 valence electrons. The average Bonchev–Trinajstić information content (AvgIpc) is 2.79. The quantitative estimate of drug-likeness (QED) is 0.462. The van der Waals surface area contributed by atoms with Crippen LogP contribution < -0.4 is 10.2 Å². The smallest absolute Gasteiger partial charge is 0.258 e. The van der Waals surface area contributed by atoms with E-state index >= 15 is 0 Å². The highest BCUT2D eigenvalue weighted by molar-refractivity contribution is 9.10. The molecule has 6 heteroatoms. The lowest BCUT2D eigenvalue weighted by Crippen LogP contribution is -2.35. The molecule has 0 saturated heterocycles. The third-order valence-corrected chi connectivity index (χ3v) is 6.26. The number of carbonyl (C=O) groups is 2. The summed E-state index contributed by atoms with van der Waals surface area (Å²) >= 11 is 3.51. The number of nitrogens with zero attached hydrogens (tertiary/aromatic N) is 1. The van der Waals surface area contributed by atoms with Gasteiger partial charge in [0.15, 0.2) is 0 Å². The topological polar surface area (TPSA) is 49.4 Å². The van der Waals surface area contributed by atoms with Crippen molar-refractivity contribution in [2.24, 2.45) is 0 Å². The molecule has 1 aliphatic rings. The molecule has 4 nitrogen and oxygen atoms in total. The van der Waals surface area contributed by atoms with Crippen LogP contribution in [0.3, 0.4) is 0 Å². The van der Waals surface area contributed by atoms with Gasteiger partial charge in [0.25, 0.3) is 11.8 Å². The molecule has 2 amide bonds. The van der Waals surface area contributed by atoms with Gasteiger partial charge in [-0.15, -0.1) is 0 Å². The van der Waals surface area contributed by atoms with Crippen molar-refractivity contribution in [2.75, 3.05) is 16.8 Å². The largest absolute Gasteiger partial charge is 0.321 e. The summed E-state index contributed by atoms with van der Waals surface area (Å²) in [5, 5.41) is 3.07. The number of hydrogen-bond donors (Lipinski definition) is 1. The second kappa shape index (κ2) is 9.25. The molecule has 3 aromatic rings. The van der Waals surface area contributed by atoms with Crippen LogP contribution in [0.5, 0.6) is 0 Å². The predicted molar refractivity (Wildman–Crippen MR) is 129 cm³/mol. The van der Waals surface area contributed by atoms with Crippen LogP contribution in [0, 0.1) is 12.7 Å². The Labute approximate surface area is 195 Å². The minimum absolute atomic E-state index is 0.166. The van der Waals surface area contributed by atoms with E-state index < -0.39 is 0 Å². The Morgan fingerprint density at radius 2 is 1.78 bits per heavy atom. The number of hydrogen-bond acceptors (Lipinski definition) is 2. The number of fused-ring (bicyclic) bond motifs is 1. The summed E-state index contributed by atoms with van der Waals surface area (Å²) in [7, 11) is 0. The molecule has 1 aliphatic heterocycles. The lowest BCUT2D eigenvalue weighted by atomic mass is 9.97. The Kier molecular flexibility index (Phi) is 6.42. The fourth-order valence-corrected chi connectivity index (χ4v) is 4.77. The zero-order chi connectivity index (χ0) is 22.8. The zero-order valence-corrected chi connectivity index (χ0v) is 19.6. The lowest BCUT2D eigenvalue weighted by molar-refractivity contribution is 0.0984. The Morgan fingerprint density at radius 3 is 2.50 bits per heavy atom. The summed E-state index contributed by atoms with van der Waals surface area (Å²) in [6.07, 6.45) is 2.40. The van der Waals surface area contributed by atoms with Gasteiger partial charge in [-0.1, -0.05) is 22.9 Å². The summed E-state index contributed by atoms with van der Waals surface area (Å²) in [4.78, 5) is 27.7. The number of halogens is 2. The van der Waals surface area contributed by atoms with E-state index in [1.807, 2.05) is 31.2 Å². The normalized spacial score (nSPS) is 12.9. The summed E-state index contributed by atoms with van der Waals surface area (Å²) in [6, 6.07) is 15.0. The van der Waals surface area contributed by atoms with Crippen LogP contribution in [0.25, 0.3) is 0 Å². The maximum atomic E-state index is 13.2. The first-order chi connectivity index (χ1) is 15.4. The van der Waals surface area contributed by atoms with E-state index in [0.717, 1.165) is 51.8 Å². The monoisotopic (exact) mass is 494 g/mol. The van der Waals surface area contributed by atoms with Crippen LogP contribution in [0.4, 0.5) is 15.8 Å². The van der Waals surface area contributed by atoms with E-state index in [4.69, 9.17) is 0 Å². The van der Waals surface area contributed by atoms with Crippen LogP contribution >= 0.6 is 15.9 Å². The molecule has 1 N–H and O–H groups in total. The molecule has 0 unspecified atom stereocenters. The van der Waals surface area contributed by atoms with E-state index in [0.29, 0.717) is 17.7 Å². The maximum Gasteiger partial charge on any atom is 0.258 e. The third kappa shape index (κ3) is 4.46. The molecule has 0 atom stereocenters. The maximum absolute atomic E-state index is 13.2. The molecule has 1 heterocycles. The SMILES string of the molecule is CCc1cc(Br)cc(C)c1NC(=O)c1ccc2c(c1)CCCN2C(=O)c1ccc(F)cc1. The van der Waals surface area contributed by atoms with Crippen molar-refractivity contribution in [2.45, 2.75) is 33.1 Å². The first-order valence-corrected chi connectivity index (χ1v) is 11.5. The van der Waals surface area contributed by atoms with Crippen molar-refractivity contribution < 1.29 is 14.0 Å². The minimum atomic E-state index is -0.372. The second-order valence-electron chi connectivity index (χ2n) is 7.98. The van der Waals surface area contributed by atoms with Crippen molar-refractivity contribution >= 4 is 39.1 Å². The standard InChI is InChI=1S/C26H24BrFN2O2/c1-3-17-15-21(27)13-16(2)24(17)29-25(31)20-8-11-23-19(14-20)5-4-12-30(23)26(32)18-6-9-22(28)10-7-18/h6-11,13-15H,3-5,12H2,1-2H3,(H,29,31). The molecular formula is C26H24BrFN2O2. The Hall–Kier alpha value is -2.99. The molecule has 0 aliphatic carbocycles. The first-order valence-electron chi connectivity index (χ1n) is 10.7. The third-order valence-electron chi connectivity index (χ3n) is 5.80. The van der Waals surface area contributed by atoms with Gasteiger partial charge in [0, 0.05) is 33.5 Å². The van der Waals surface area contributed by atoms with Gasteiger partial charge in [0.2, 0.25) is 0 Å². The highest BCUT2D eigenvalue weighted by atomic mass is 79.9. The fourth-order valence-electron chi connectivity index (χ4n) is 4.15. The van der Waals surface area contributed by atoms with Gasteiger partial charge in [-0.05, 0) is 97.5 Å². The van der Waals surface area contributed by atoms with Crippen LogP contribution in [-0.2, 0) is 12.8 Å². The van der Waals surface area contributed by atoms with Gasteiger partial charge in [-0.25, -0.2) is 4.39 Å². The average molecular weight is 495 g/mol. The van der Waals surface area contributed by atoms with Gasteiger partial charge in [0.05, 0.1) is 0 Å². The number of rotatable bonds is 4. The summed E-state index contributed by atoms with van der Waals surface area (Å²) in [5.41, 5.74) is 5.67. The molecule has 0 fully saturated rings. The number of carbonyl (C=O) groups excluding carboxylic acids is 2. The molecule has 0 saturated carbocycles. The zero-order valence-electron chi connectivity index (χ0n) is 18.0. The van der Waals surface area contributed by atoms with Crippen molar-refractivity contribution in [1.82, 2.24) is 0 Å². The van der Waals surface area contributed by atoms with E-state index in [9.17, 15) is 14.0 Å². The number of amides is 2. The van der Waals surface area contributed by atoms with Gasteiger partial charge < -0.3 is 10.2 Å². The first kappa shape index (κ1) is 22.2. The number of aryl methyl sites for hydroxylation is 3. The summed E-state index contributed by atoms with van der Waals surface area (Å²) < 4.78 is 14.2. The van der Waals surface area contributed by atoms with Crippen molar-refractivity contribution in [3.05, 3.63) is 92.7 Å². The highest BCUT2D eigenvalue weighted by Crippen LogP contribution is 2.31. The van der Waals surface area contributed by atoms with Crippen LogP contribution in [0.2, 0.25) is 0 Å². The van der Waals surface area contributed by atoms with Crippen molar-refractivity contribution in [3.63, 3.8) is 0 Å². The van der Waals surface area contributed by atoms with Crippen molar-refractivity contribution in [1.29, 1.82) is 0 Å². The molecular weight excluding hydrogens is 471 g/mol. The van der Waals surface area contributed by atoms with Gasteiger partial charge in [0.1, 0.15) is 5.82 Å². The minimum Gasteiger partial charge on any atom is -0.321 e. The van der Waals surface area contributed by atoms with Gasteiger partial charge in [-0.2, -0.15) is 0 Å². The summed E-state index contributed by atoms with van der Waals surface area (Å²) in [6.45, 7) is 4.63. The van der Waals surface area contributed by atoms with Crippen LogP contribution in [-0.4, -0.2) is 18.4 Å². The lowest BCUT2D eigenvalue weighted by Gasteiger charge is -2.30. The molecule has 4 rings (SSSR count). The molecule has 0 radical (unpaired) electrons. The highest BCUT2D eigenvalue weighted by Gasteiger charge is 2.25. The van der Waals surface area contributed by atoms with Gasteiger partial charge >= 0.3 is 0 Å². The van der Waals surface area contributed by atoms with Crippen molar-refractivity contribution in [3.8, 4) is 0 Å². The molecule has 0 aromatic heterocycles. The van der Waals surface area contributed by atoms with E-state index in [1.54, 1.807) is 11.0 Å². The Balaban J connectivity index is 1.59.